The topological polar surface area (TPSA) is 4.93 Å². The summed E-state index contributed by atoms with van der Waals surface area (Å²) in [5, 5.41) is 0. The van der Waals surface area contributed by atoms with E-state index in [4.69, 9.17) is 0 Å². The van der Waals surface area contributed by atoms with E-state index in [0.717, 1.165) is 5.92 Å². The highest BCUT2D eigenvalue weighted by molar-refractivity contribution is 5.82. The molecule has 1 atom stereocenters. The summed E-state index contributed by atoms with van der Waals surface area (Å²) in [6.07, 6.45) is 8.39. The summed E-state index contributed by atoms with van der Waals surface area (Å²) in [5.74, 6) is 0.805. The van der Waals surface area contributed by atoms with Gasteiger partial charge < -0.3 is 4.57 Å². The van der Waals surface area contributed by atoms with Crippen molar-refractivity contribution >= 4 is 5.57 Å². The lowest BCUT2D eigenvalue weighted by Crippen LogP contribution is -1.96. The van der Waals surface area contributed by atoms with Crippen LogP contribution in [0.1, 0.15) is 36.7 Å². The van der Waals surface area contributed by atoms with Gasteiger partial charge in [0.1, 0.15) is 0 Å². The number of fused-ring (bicyclic) bond motifs is 2. The fourth-order valence-corrected chi connectivity index (χ4v) is 3.09. The zero-order chi connectivity index (χ0) is 11.3. The molecule has 0 bridgehead atoms. The Labute approximate surface area is 97.5 Å². The quantitative estimate of drug-likeness (QED) is 0.620. The molecule has 0 spiro atoms. The van der Waals surface area contributed by atoms with E-state index >= 15 is 0 Å². The van der Waals surface area contributed by atoms with Crippen LogP contribution in [-0.2, 0) is 13.5 Å². The molecule has 0 saturated carbocycles. The van der Waals surface area contributed by atoms with Crippen LogP contribution < -0.4 is 0 Å². The standard InChI is InChI=1S/C15H19N/c1-10-5-4-6-14-12(7-10)9-13-8-11(2)16(3)15(13)14/h4,6,8,10H,5,7,9H2,1-3H3. The molecule has 0 aliphatic heterocycles. The van der Waals surface area contributed by atoms with Gasteiger partial charge in [-0.25, -0.2) is 0 Å². The van der Waals surface area contributed by atoms with E-state index in [1.54, 1.807) is 5.57 Å². The zero-order valence-corrected chi connectivity index (χ0v) is 10.4. The highest BCUT2D eigenvalue weighted by Gasteiger charge is 2.25. The molecule has 1 aromatic heterocycles. The number of aryl methyl sites for hydroxylation is 1. The molecule has 0 N–H and O–H groups in total. The molecular weight excluding hydrogens is 194 g/mol. The average molecular weight is 213 g/mol. The van der Waals surface area contributed by atoms with E-state index in [1.807, 2.05) is 0 Å². The SMILES string of the molecule is Cc1cc2c(n1C)C1=C(C2)CC(C)CC=C1. The predicted octanol–water partition coefficient (Wildman–Crippen LogP) is 3.63. The molecule has 2 aliphatic carbocycles. The summed E-state index contributed by atoms with van der Waals surface area (Å²) in [6.45, 7) is 4.55. The highest BCUT2D eigenvalue weighted by atomic mass is 15.0. The summed E-state index contributed by atoms with van der Waals surface area (Å²) in [6, 6.07) is 2.35. The monoisotopic (exact) mass is 213 g/mol. The van der Waals surface area contributed by atoms with Gasteiger partial charge in [-0.3, -0.25) is 0 Å². The van der Waals surface area contributed by atoms with Crippen molar-refractivity contribution in [2.45, 2.75) is 33.1 Å². The third-order valence-electron chi connectivity index (χ3n) is 4.01. The molecule has 0 amide bonds. The van der Waals surface area contributed by atoms with E-state index in [-0.39, 0.29) is 0 Å². The molecular formula is C15H19N. The van der Waals surface area contributed by atoms with E-state index in [9.17, 15) is 0 Å². The van der Waals surface area contributed by atoms with Crippen molar-refractivity contribution in [3.05, 3.63) is 40.7 Å². The smallest absolute Gasteiger partial charge is 0.0515 e. The molecule has 0 fully saturated rings. The maximum atomic E-state index is 2.36. The molecule has 1 heteroatoms. The van der Waals surface area contributed by atoms with Gasteiger partial charge in [-0.15, -0.1) is 0 Å². The third kappa shape index (κ3) is 1.31. The third-order valence-corrected chi connectivity index (χ3v) is 4.01. The Balaban J connectivity index is 2.13. The first-order chi connectivity index (χ1) is 7.66. The minimum atomic E-state index is 0.805. The molecule has 3 rings (SSSR count). The van der Waals surface area contributed by atoms with Crippen LogP contribution in [0.5, 0.6) is 0 Å². The Bertz CT molecular complexity index is 500. The summed E-state index contributed by atoms with van der Waals surface area (Å²) < 4.78 is 2.35. The largest absolute Gasteiger partial charge is 0.348 e. The molecule has 1 unspecified atom stereocenters. The zero-order valence-electron chi connectivity index (χ0n) is 10.4. The molecule has 16 heavy (non-hydrogen) atoms. The van der Waals surface area contributed by atoms with Gasteiger partial charge in [0.25, 0.3) is 0 Å². The summed E-state index contributed by atoms with van der Waals surface area (Å²) in [4.78, 5) is 0. The van der Waals surface area contributed by atoms with Crippen molar-refractivity contribution in [3.8, 4) is 0 Å². The minimum Gasteiger partial charge on any atom is -0.348 e. The lowest BCUT2D eigenvalue weighted by molar-refractivity contribution is 0.586. The summed E-state index contributed by atoms with van der Waals surface area (Å²) in [5.41, 5.74) is 7.54. The van der Waals surface area contributed by atoms with Crippen LogP contribution >= 0.6 is 0 Å². The van der Waals surface area contributed by atoms with Crippen LogP contribution in [0.2, 0.25) is 0 Å². The average Bonchev–Trinajstić information content (AvgIpc) is 2.60. The van der Waals surface area contributed by atoms with Crippen LogP contribution in [0.4, 0.5) is 0 Å². The van der Waals surface area contributed by atoms with Crippen LogP contribution in [0.3, 0.4) is 0 Å². The van der Waals surface area contributed by atoms with Gasteiger partial charge in [0, 0.05) is 12.7 Å². The van der Waals surface area contributed by atoms with Gasteiger partial charge in [-0.05, 0) is 49.3 Å². The lowest BCUT2D eigenvalue weighted by atomic mass is 9.97. The van der Waals surface area contributed by atoms with Crippen molar-refractivity contribution in [2.24, 2.45) is 13.0 Å². The second-order valence-electron chi connectivity index (χ2n) is 5.36. The Morgan fingerprint density at radius 3 is 3.00 bits per heavy atom. The minimum absolute atomic E-state index is 0.805. The number of nitrogens with zero attached hydrogens (tertiary/aromatic N) is 1. The van der Waals surface area contributed by atoms with Gasteiger partial charge in [0.15, 0.2) is 0 Å². The molecule has 0 saturated heterocycles. The van der Waals surface area contributed by atoms with Crippen molar-refractivity contribution in [2.75, 3.05) is 0 Å². The predicted molar refractivity (Wildman–Crippen MR) is 68.3 cm³/mol. The molecule has 0 radical (unpaired) electrons. The lowest BCUT2D eigenvalue weighted by Gasteiger charge is -2.09. The van der Waals surface area contributed by atoms with E-state index in [0.29, 0.717) is 0 Å². The Morgan fingerprint density at radius 2 is 2.19 bits per heavy atom. The van der Waals surface area contributed by atoms with E-state index in [1.165, 1.54) is 41.8 Å². The van der Waals surface area contributed by atoms with Crippen LogP contribution in [0, 0.1) is 12.8 Å². The van der Waals surface area contributed by atoms with Crippen LogP contribution in [-0.4, -0.2) is 4.57 Å². The Hall–Kier alpha value is -1.24. The van der Waals surface area contributed by atoms with E-state index in [2.05, 4.69) is 43.7 Å². The first-order valence-corrected chi connectivity index (χ1v) is 6.21. The normalized spacial score (nSPS) is 23.3. The van der Waals surface area contributed by atoms with E-state index < -0.39 is 0 Å². The van der Waals surface area contributed by atoms with Gasteiger partial charge in [0.2, 0.25) is 0 Å². The first-order valence-electron chi connectivity index (χ1n) is 6.21. The fourth-order valence-electron chi connectivity index (χ4n) is 3.09. The van der Waals surface area contributed by atoms with Gasteiger partial charge in [0.05, 0.1) is 5.69 Å². The second-order valence-corrected chi connectivity index (χ2v) is 5.36. The van der Waals surface area contributed by atoms with Crippen molar-refractivity contribution in [3.63, 3.8) is 0 Å². The first kappa shape index (κ1) is 9.95. The number of hydrogen-bond donors (Lipinski definition) is 0. The maximum Gasteiger partial charge on any atom is 0.0515 e. The van der Waals surface area contributed by atoms with Crippen molar-refractivity contribution in [1.82, 2.24) is 4.57 Å². The van der Waals surface area contributed by atoms with Gasteiger partial charge in [-0.1, -0.05) is 24.6 Å². The molecule has 2 aliphatic rings. The number of allylic oxidation sites excluding steroid dienone is 4. The molecule has 1 heterocycles. The number of rotatable bonds is 0. The summed E-state index contributed by atoms with van der Waals surface area (Å²) in [7, 11) is 2.19. The Kier molecular flexibility index (Phi) is 2.10. The molecule has 1 aromatic rings. The molecule has 1 nitrogen and oxygen atoms in total. The fraction of sp³-hybridized carbons (Fsp3) is 0.467. The number of aromatic nitrogens is 1. The number of hydrogen-bond acceptors (Lipinski definition) is 0. The van der Waals surface area contributed by atoms with Gasteiger partial charge >= 0.3 is 0 Å². The highest BCUT2D eigenvalue weighted by Crippen LogP contribution is 2.40. The van der Waals surface area contributed by atoms with Gasteiger partial charge in [-0.2, -0.15) is 0 Å². The van der Waals surface area contributed by atoms with Crippen LogP contribution in [0.15, 0.2) is 23.8 Å². The maximum absolute atomic E-state index is 2.36. The van der Waals surface area contributed by atoms with Crippen molar-refractivity contribution < 1.29 is 0 Å². The van der Waals surface area contributed by atoms with Crippen LogP contribution in [0.25, 0.3) is 5.57 Å². The summed E-state index contributed by atoms with van der Waals surface area (Å²) >= 11 is 0. The Morgan fingerprint density at radius 1 is 1.38 bits per heavy atom. The van der Waals surface area contributed by atoms with Crippen molar-refractivity contribution in [1.29, 1.82) is 0 Å². The second kappa shape index (κ2) is 3.38. The molecule has 84 valence electrons. The molecule has 0 aromatic carbocycles.